The highest BCUT2D eigenvalue weighted by molar-refractivity contribution is 5.95. The number of carbonyl (C=O) groups excluding carboxylic acids is 1. The van der Waals surface area contributed by atoms with Gasteiger partial charge in [-0.1, -0.05) is 37.3 Å². The van der Waals surface area contributed by atoms with E-state index in [1.54, 1.807) is 18.6 Å². The van der Waals surface area contributed by atoms with E-state index in [-0.39, 0.29) is 5.91 Å². The first-order chi connectivity index (χ1) is 11.8. The van der Waals surface area contributed by atoms with Crippen molar-refractivity contribution in [2.24, 2.45) is 0 Å². The number of hydrogen-bond donors (Lipinski definition) is 1. The number of aromatic nitrogens is 3. The second-order valence-electron chi connectivity index (χ2n) is 5.54. The Bertz CT molecular complexity index is 797. The number of benzene rings is 1. The third-order valence-electron chi connectivity index (χ3n) is 3.91. The Hall–Kier alpha value is -2.95. The second-order valence-corrected chi connectivity index (χ2v) is 5.54. The van der Waals surface area contributed by atoms with E-state index in [0.29, 0.717) is 18.7 Å². The van der Waals surface area contributed by atoms with Crippen molar-refractivity contribution in [1.29, 1.82) is 0 Å². The van der Waals surface area contributed by atoms with Crippen LogP contribution in [-0.4, -0.2) is 20.7 Å². The molecule has 0 unspecified atom stereocenters. The molecule has 2 heterocycles. The maximum atomic E-state index is 12.5. The smallest absolute Gasteiger partial charge is 0.255 e. The molecule has 5 nitrogen and oxygen atoms in total. The topological polar surface area (TPSA) is 59.8 Å². The van der Waals surface area contributed by atoms with Gasteiger partial charge in [-0.3, -0.25) is 14.5 Å². The van der Waals surface area contributed by atoms with Gasteiger partial charge in [0.05, 0.1) is 24.0 Å². The highest BCUT2D eigenvalue weighted by Crippen LogP contribution is 2.12. The van der Waals surface area contributed by atoms with Crippen molar-refractivity contribution in [1.82, 2.24) is 20.1 Å². The van der Waals surface area contributed by atoms with Gasteiger partial charge in [-0.05, 0) is 29.7 Å². The number of nitrogens with zero attached hydrogens (tertiary/aromatic N) is 3. The molecule has 0 saturated carbocycles. The molecule has 1 N–H and O–H groups in total. The Balaban J connectivity index is 1.72. The van der Waals surface area contributed by atoms with Gasteiger partial charge in [-0.2, -0.15) is 5.10 Å². The summed E-state index contributed by atoms with van der Waals surface area (Å²) in [5.74, 6) is -0.0945. The van der Waals surface area contributed by atoms with Gasteiger partial charge in [0, 0.05) is 18.9 Å². The van der Waals surface area contributed by atoms with Gasteiger partial charge in [0.2, 0.25) is 0 Å². The second kappa shape index (κ2) is 7.55. The van der Waals surface area contributed by atoms with E-state index in [4.69, 9.17) is 0 Å². The molecular formula is C19H20N4O. The molecule has 5 heteroatoms. The van der Waals surface area contributed by atoms with Gasteiger partial charge in [0.1, 0.15) is 0 Å². The van der Waals surface area contributed by atoms with E-state index >= 15 is 0 Å². The molecule has 0 aliphatic heterocycles. The maximum Gasteiger partial charge on any atom is 0.255 e. The molecule has 0 radical (unpaired) electrons. The van der Waals surface area contributed by atoms with Crippen LogP contribution in [0.5, 0.6) is 0 Å². The lowest BCUT2D eigenvalue weighted by molar-refractivity contribution is 0.0950. The first-order valence-corrected chi connectivity index (χ1v) is 8.03. The van der Waals surface area contributed by atoms with Crippen LogP contribution in [0.3, 0.4) is 0 Å². The van der Waals surface area contributed by atoms with Gasteiger partial charge in [-0.25, -0.2) is 0 Å². The molecule has 0 aliphatic carbocycles. The van der Waals surface area contributed by atoms with E-state index in [1.165, 1.54) is 5.56 Å². The van der Waals surface area contributed by atoms with Gasteiger partial charge in [-0.15, -0.1) is 0 Å². The number of nitrogens with one attached hydrogen (secondary N) is 1. The Morgan fingerprint density at radius 1 is 1.08 bits per heavy atom. The minimum Gasteiger partial charge on any atom is -0.348 e. The molecule has 3 rings (SSSR count). The maximum absolute atomic E-state index is 12.5. The zero-order valence-corrected chi connectivity index (χ0v) is 13.6. The van der Waals surface area contributed by atoms with Crippen LogP contribution in [0.25, 0.3) is 0 Å². The highest BCUT2D eigenvalue weighted by atomic mass is 16.1. The molecule has 1 aromatic carbocycles. The molecule has 2 aromatic heterocycles. The minimum absolute atomic E-state index is 0.0945. The first-order valence-electron chi connectivity index (χ1n) is 8.03. The van der Waals surface area contributed by atoms with Crippen LogP contribution in [0, 0.1) is 0 Å². The summed E-state index contributed by atoms with van der Waals surface area (Å²) in [6.45, 7) is 3.19. The van der Waals surface area contributed by atoms with Gasteiger partial charge in [0.15, 0.2) is 0 Å². The third-order valence-corrected chi connectivity index (χ3v) is 3.91. The van der Waals surface area contributed by atoms with E-state index in [1.807, 2.05) is 41.9 Å². The normalized spacial score (nSPS) is 10.5. The fourth-order valence-corrected chi connectivity index (χ4v) is 2.64. The number of carbonyl (C=O) groups is 1. The summed E-state index contributed by atoms with van der Waals surface area (Å²) in [5.41, 5.74) is 3.78. The SMILES string of the molecule is CCc1c(C(=O)NCc2ccncc2)cnn1Cc1ccccc1. The van der Waals surface area contributed by atoms with Gasteiger partial charge in [0.25, 0.3) is 5.91 Å². The molecule has 3 aromatic rings. The van der Waals surface area contributed by atoms with Crippen molar-refractivity contribution in [3.63, 3.8) is 0 Å². The molecule has 122 valence electrons. The summed E-state index contributed by atoms with van der Waals surface area (Å²) in [5, 5.41) is 7.35. The summed E-state index contributed by atoms with van der Waals surface area (Å²) < 4.78 is 1.90. The van der Waals surface area contributed by atoms with Crippen molar-refractivity contribution < 1.29 is 4.79 Å². The Morgan fingerprint density at radius 3 is 2.54 bits per heavy atom. The van der Waals surface area contributed by atoms with Crippen molar-refractivity contribution >= 4 is 5.91 Å². The summed E-state index contributed by atoms with van der Waals surface area (Å²) in [7, 11) is 0. The lowest BCUT2D eigenvalue weighted by Gasteiger charge is -2.09. The van der Waals surface area contributed by atoms with Crippen LogP contribution in [0.2, 0.25) is 0 Å². The lowest BCUT2D eigenvalue weighted by Crippen LogP contribution is -2.24. The predicted octanol–water partition coefficient (Wildman–Crippen LogP) is 2.82. The number of rotatable bonds is 6. The highest BCUT2D eigenvalue weighted by Gasteiger charge is 2.16. The Labute approximate surface area is 141 Å². The van der Waals surface area contributed by atoms with E-state index in [2.05, 4.69) is 27.5 Å². The molecule has 0 spiro atoms. The summed E-state index contributed by atoms with van der Waals surface area (Å²) in [6.07, 6.45) is 5.85. The van der Waals surface area contributed by atoms with E-state index in [9.17, 15) is 4.79 Å². The molecule has 0 bridgehead atoms. The van der Waals surface area contributed by atoms with Crippen LogP contribution in [-0.2, 0) is 19.5 Å². The van der Waals surface area contributed by atoms with Gasteiger partial charge < -0.3 is 5.32 Å². The zero-order valence-electron chi connectivity index (χ0n) is 13.6. The number of pyridine rings is 1. The molecule has 24 heavy (non-hydrogen) atoms. The first kappa shape index (κ1) is 15.9. The summed E-state index contributed by atoms with van der Waals surface area (Å²) in [4.78, 5) is 16.5. The molecular weight excluding hydrogens is 300 g/mol. The van der Waals surface area contributed by atoms with Crippen molar-refractivity contribution in [3.8, 4) is 0 Å². The molecule has 0 atom stereocenters. The molecule has 0 fully saturated rings. The minimum atomic E-state index is -0.0945. The molecule has 1 amide bonds. The largest absolute Gasteiger partial charge is 0.348 e. The third kappa shape index (κ3) is 3.68. The fourth-order valence-electron chi connectivity index (χ4n) is 2.64. The van der Waals surface area contributed by atoms with Crippen LogP contribution < -0.4 is 5.32 Å². The predicted molar refractivity (Wildman–Crippen MR) is 92.6 cm³/mol. The van der Waals surface area contributed by atoms with E-state index in [0.717, 1.165) is 17.7 Å². The fraction of sp³-hybridized carbons (Fsp3) is 0.211. The summed E-state index contributed by atoms with van der Waals surface area (Å²) >= 11 is 0. The monoisotopic (exact) mass is 320 g/mol. The van der Waals surface area contributed by atoms with Crippen LogP contribution >= 0.6 is 0 Å². The standard InChI is InChI=1S/C19H20N4O/c1-2-18-17(19(24)21-12-15-8-10-20-11-9-15)13-22-23(18)14-16-6-4-3-5-7-16/h3-11,13H,2,12,14H2,1H3,(H,21,24). The van der Waals surface area contributed by atoms with Crippen molar-refractivity contribution in [2.75, 3.05) is 0 Å². The van der Waals surface area contributed by atoms with Gasteiger partial charge >= 0.3 is 0 Å². The van der Waals surface area contributed by atoms with E-state index < -0.39 is 0 Å². The quantitative estimate of drug-likeness (QED) is 0.760. The lowest BCUT2D eigenvalue weighted by atomic mass is 10.1. The average Bonchev–Trinajstić information content (AvgIpc) is 3.04. The van der Waals surface area contributed by atoms with Crippen molar-refractivity contribution in [3.05, 3.63) is 83.4 Å². The number of amides is 1. The Morgan fingerprint density at radius 2 is 1.83 bits per heavy atom. The van der Waals surface area contributed by atoms with Crippen LogP contribution in [0.1, 0.15) is 34.1 Å². The van der Waals surface area contributed by atoms with Crippen molar-refractivity contribution in [2.45, 2.75) is 26.4 Å². The zero-order chi connectivity index (χ0) is 16.8. The number of hydrogen-bond acceptors (Lipinski definition) is 3. The van der Waals surface area contributed by atoms with Crippen LogP contribution in [0.15, 0.2) is 61.1 Å². The summed E-state index contributed by atoms with van der Waals surface area (Å²) in [6, 6.07) is 13.9. The van der Waals surface area contributed by atoms with Crippen LogP contribution in [0.4, 0.5) is 0 Å². The molecule has 0 aliphatic rings. The molecule has 0 saturated heterocycles. The average molecular weight is 320 g/mol. The Kier molecular flexibility index (Phi) is 5.01.